The van der Waals surface area contributed by atoms with Crippen molar-refractivity contribution < 1.29 is 9.26 Å². The van der Waals surface area contributed by atoms with E-state index >= 15 is 0 Å². The minimum absolute atomic E-state index is 0.519. The number of anilines is 1. The van der Waals surface area contributed by atoms with Gasteiger partial charge in [0.05, 0.1) is 13.2 Å². The zero-order chi connectivity index (χ0) is 14.5. The van der Waals surface area contributed by atoms with Gasteiger partial charge in [-0.1, -0.05) is 16.8 Å². The minimum atomic E-state index is 0.519. The van der Waals surface area contributed by atoms with Crippen LogP contribution >= 0.6 is 0 Å². The molecule has 0 bridgehead atoms. The average Bonchev–Trinajstić information content (AvgIpc) is 2.95. The van der Waals surface area contributed by atoms with E-state index in [1.807, 2.05) is 12.1 Å². The Labute approximate surface area is 123 Å². The van der Waals surface area contributed by atoms with Crippen LogP contribution in [0.5, 0.6) is 0 Å². The molecule has 0 unspecified atom stereocenters. The highest BCUT2D eigenvalue weighted by molar-refractivity contribution is 5.57. The topological polar surface area (TPSA) is 73.1 Å². The number of pyridine rings is 1. The quantitative estimate of drug-likeness (QED) is 0.852. The summed E-state index contributed by atoms with van der Waals surface area (Å²) in [5.41, 5.74) is 2.32. The molecule has 0 fully saturated rings. The largest absolute Gasteiger partial charge is 0.377 e. The van der Waals surface area contributed by atoms with Gasteiger partial charge in [-0.25, -0.2) is 4.98 Å². The molecule has 6 heteroatoms. The van der Waals surface area contributed by atoms with Gasteiger partial charge in [0.1, 0.15) is 5.82 Å². The fraction of sp³-hybridized carbons (Fsp3) is 0.400. The molecule has 0 aliphatic carbocycles. The Balaban J connectivity index is 1.59. The predicted octanol–water partition coefficient (Wildman–Crippen LogP) is 2.59. The molecular formula is C15H18N4O2. The summed E-state index contributed by atoms with van der Waals surface area (Å²) in [4.78, 5) is 8.53. The average molecular weight is 286 g/mol. The van der Waals surface area contributed by atoms with E-state index in [-0.39, 0.29) is 0 Å². The van der Waals surface area contributed by atoms with E-state index in [1.165, 1.54) is 5.57 Å². The molecule has 2 aromatic heterocycles. The van der Waals surface area contributed by atoms with E-state index in [1.54, 1.807) is 13.1 Å². The lowest BCUT2D eigenvalue weighted by molar-refractivity contribution is 0.153. The number of nitrogens with zero attached hydrogens (tertiary/aromatic N) is 3. The SMILES string of the molecule is Cc1noc(-c2ccnc(NCCC3=CCOCC3)c2)n1. The van der Waals surface area contributed by atoms with Crippen LogP contribution < -0.4 is 5.32 Å². The molecule has 0 atom stereocenters. The predicted molar refractivity (Wildman–Crippen MR) is 78.9 cm³/mol. The molecule has 1 aliphatic rings. The summed E-state index contributed by atoms with van der Waals surface area (Å²) in [5.74, 6) is 1.96. The van der Waals surface area contributed by atoms with Crippen molar-refractivity contribution >= 4 is 5.82 Å². The van der Waals surface area contributed by atoms with Crippen LogP contribution in [0, 0.1) is 6.92 Å². The maximum absolute atomic E-state index is 5.30. The zero-order valence-electron chi connectivity index (χ0n) is 12.0. The van der Waals surface area contributed by atoms with Gasteiger partial charge in [0.2, 0.25) is 0 Å². The van der Waals surface area contributed by atoms with Crippen molar-refractivity contribution in [1.29, 1.82) is 0 Å². The van der Waals surface area contributed by atoms with Gasteiger partial charge in [0.15, 0.2) is 5.82 Å². The first-order valence-corrected chi connectivity index (χ1v) is 7.07. The van der Waals surface area contributed by atoms with Crippen molar-refractivity contribution in [1.82, 2.24) is 15.1 Å². The lowest BCUT2D eigenvalue weighted by Crippen LogP contribution is -2.09. The number of hydrogen-bond acceptors (Lipinski definition) is 6. The van der Waals surface area contributed by atoms with Gasteiger partial charge in [-0.05, 0) is 31.9 Å². The normalized spacial score (nSPS) is 14.8. The summed E-state index contributed by atoms with van der Waals surface area (Å²) < 4.78 is 10.5. The van der Waals surface area contributed by atoms with E-state index in [9.17, 15) is 0 Å². The molecule has 6 nitrogen and oxygen atoms in total. The Morgan fingerprint density at radius 1 is 1.38 bits per heavy atom. The van der Waals surface area contributed by atoms with Crippen LogP contribution in [0.3, 0.4) is 0 Å². The second-order valence-electron chi connectivity index (χ2n) is 4.94. The molecule has 110 valence electrons. The first-order chi connectivity index (χ1) is 10.3. The number of rotatable bonds is 5. The minimum Gasteiger partial charge on any atom is -0.377 e. The van der Waals surface area contributed by atoms with E-state index in [0.717, 1.165) is 44.0 Å². The number of ether oxygens (including phenoxy) is 1. The first-order valence-electron chi connectivity index (χ1n) is 7.07. The third kappa shape index (κ3) is 3.66. The molecule has 1 aliphatic heterocycles. The molecule has 1 N–H and O–H groups in total. The first kappa shape index (κ1) is 13.8. The van der Waals surface area contributed by atoms with Gasteiger partial charge in [-0.2, -0.15) is 4.98 Å². The summed E-state index contributed by atoms with van der Waals surface area (Å²) in [6.45, 7) is 4.22. The van der Waals surface area contributed by atoms with Gasteiger partial charge in [0, 0.05) is 18.3 Å². The van der Waals surface area contributed by atoms with Gasteiger partial charge < -0.3 is 14.6 Å². The fourth-order valence-electron chi connectivity index (χ4n) is 2.22. The number of aromatic nitrogens is 3. The lowest BCUT2D eigenvalue weighted by atomic mass is 10.1. The van der Waals surface area contributed by atoms with Gasteiger partial charge >= 0.3 is 0 Å². The Hall–Kier alpha value is -2.21. The van der Waals surface area contributed by atoms with Gasteiger partial charge in [-0.15, -0.1) is 0 Å². The highest BCUT2D eigenvalue weighted by atomic mass is 16.5. The summed E-state index contributed by atoms with van der Waals surface area (Å²) in [7, 11) is 0. The fourth-order valence-corrected chi connectivity index (χ4v) is 2.22. The molecular weight excluding hydrogens is 268 g/mol. The second-order valence-corrected chi connectivity index (χ2v) is 4.94. The van der Waals surface area contributed by atoms with Gasteiger partial charge in [-0.3, -0.25) is 0 Å². The Bertz CT molecular complexity index is 636. The van der Waals surface area contributed by atoms with Crippen LogP contribution in [-0.2, 0) is 4.74 Å². The van der Waals surface area contributed by atoms with Crippen molar-refractivity contribution in [2.45, 2.75) is 19.8 Å². The van der Waals surface area contributed by atoms with Gasteiger partial charge in [0.25, 0.3) is 5.89 Å². The lowest BCUT2D eigenvalue weighted by Gasteiger charge is -2.13. The van der Waals surface area contributed by atoms with Crippen molar-refractivity contribution in [3.8, 4) is 11.5 Å². The smallest absolute Gasteiger partial charge is 0.258 e. The highest BCUT2D eigenvalue weighted by Crippen LogP contribution is 2.19. The molecule has 3 rings (SSSR count). The summed E-state index contributed by atoms with van der Waals surface area (Å²) in [6.07, 6.45) is 5.94. The third-order valence-corrected chi connectivity index (χ3v) is 3.34. The van der Waals surface area contributed by atoms with E-state index in [0.29, 0.717) is 11.7 Å². The van der Waals surface area contributed by atoms with Crippen LogP contribution in [0.1, 0.15) is 18.7 Å². The van der Waals surface area contributed by atoms with Crippen molar-refractivity contribution in [2.24, 2.45) is 0 Å². The van der Waals surface area contributed by atoms with Crippen molar-refractivity contribution in [3.63, 3.8) is 0 Å². The molecule has 0 spiro atoms. The molecule has 0 radical (unpaired) electrons. The molecule has 3 heterocycles. The summed E-state index contributed by atoms with van der Waals surface area (Å²) >= 11 is 0. The maximum Gasteiger partial charge on any atom is 0.258 e. The maximum atomic E-state index is 5.30. The van der Waals surface area contributed by atoms with Crippen LogP contribution in [-0.4, -0.2) is 34.9 Å². The second kappa shape index (κ2) is 6.49. The van der Waals surface area contributed by atoms with Crippen LogP contribution in [0.25, 0.3) is 11.5 Å². The van der Waals surface area contributed by atoms with Crippen molar-refractivity contribution in [2.75, 3.05) is 25.1 Å². The number of aryl methyl sites for hydroxylation is 1. The Morgan fingerprint density at radius 2 is 2.33 bits per heavy atom. The summed E-state index contributed by atoms with van der Waals surface area (Å²) in [5, 5.41) is 7.13. The molecule has 0 amide bonds. The van der Waals surface area contributed by atoms with Crippen LogP contribution in [0.4, 0.5) is 5.82 Å². The zero-order valence-corrected chi connectivity index (χ0v) is 12.0. The molecule has 0 saturated heterocycles. The Kier molecular flexibility index (Phi) is 4.25. The Morgan fingerprint density at radius 3 is 3.10 bits per heavy atom. The molecule has 2 aromatic rings. The van der Waals surface area contributed by atoms with Crippen LogP contribution in [0.15, 0.2) is 34.5 Å². The molecule has 21 heavy (non-hydrogen) atoms. The monoisotopic (exact) mass is 286 g/mol. The molecule has 0 aromatic carbocycles. The van der Waals surface area contributed by atoms with Crippen molar-refractivity contribution in [3.05, 3.63) is 35.8 Å². The summed E-state index contributed by atoms with van der Waals surface area (Å²) in [6, 6.07) is 3.78. The number of hydrogen-bond donors (Lipinski definition) is 1. The van der Waals surface area contributed by atoms with E-state index < -0.39 is 0 Å². The van der Waals surface area contributed by atoms with E-state index in [2.05, 4.69) is 26.5 Å². The molecule has 0 saturated carbocycles. The third-order valence-electron chi connectivity index (χ3n) is 3.34. The number of nitrogens with one attached hydrogen (secondary N) is 1. The van der Waals surface area contributed by atoms with Crippen LogP contribution in [0.2, 0.25) is 0 Å². The van der Waals surface area contributed by atoms with E-state index in [4.69, 9.17) is 9.26 Å². The standard InChI is InChI=1S/C15H18N4O2/c1-11-18-15(21-19-11)13-3-7-17-14(10-13)16-6-2-12-4-8-20-9-5-12/h3-4,7,10H,2,5-6,8-9H2,1H3,(H,16,17). The highest BCUT2D eigenvalue weighted by Gasteiger charge is 2.08.